The Bertz CT molecular complexity index is 720. The molecule has 2 heterocycles. The lowest BCUT2D eigenvalue weighted by molar-refractivity contribution is 0.578. The number of aromatic nitrogens is 3. The molecule has 0 saturated heterocycles. The number of hydrogen-bond donors (Lipinski definition) is 1. The molecule has 0 amide bonds. The molecule has 1 N–H and O–H groups in total. The molecule has 3 rings (SSSR count). The highest BCUT2D eigenvalue weighted by atomic mass is 32.2. The first-order valence-corrected chi connectivity index (χ1v) is 9.53. The van der Waals surface area contributed by atoms with E-state index in [9.17, 15) is 8.42 Å². The van der Waals surface area contributed by atoms with Crippen LogP contribution in [0.1, 0.15) is 35.5 Å². The minimum Gasteiger partial charge on any atom is -0.272 e. The van der Waals surface area contributed by atoms with E-state index in [2.05, 4.69) is 14.8 Å². The molecule has 114 valence electrons. The van der Waals surface area contributed by atoms with Gasteiger partial charge in [0.2, 0.25) is 10.0 Å². The Hall–Kier alpha value is -1.25. The van der Waals surface area contributed by atoms with Crippen LogP contribution in [0.4, 0.5) is 0 Å². The van der Waals surface area contributed by atoms with Crippen LogP contribution < -0.4 is 4.72 Å². The molecular weight excluding hydrogens is 308 g/mol. The third kappa shape index (κ3) is 3.33. The van der Waals surface area contributed by atoms with E-state index in [-0.39, 0.29) is 12.3 Å². The standard InChI is InChI=1S/C13H18N4O2S2/c1-17-13-5-3-2-4-11(13)12(16-17)6-15-21(18,19)8-10-7-20-9-14-10/h7,9,15H,2-6,8H2,1H3. The number of hydrogen-bond acceptors (Lipinski definition) is 5. The van der Waals surface area contributed by atoms with Crippen LogP contribution in [0.15, 0.2) is 10.9 Å². The van der Waals surface area contributed by atoms with Gasteiger partial charge in [-0.2, -0.15) is 5.10 Å². The van der Waals surface area contributed by atoms with E-state index in [4.69, 9.17) is 0 Å². The molecule has 0 fully saturated rings. The van der Waals surface area contributed by atoms with Crippen LogP contribution in [-0.4, -0.2) is 23.2 Å². The zero-order chi connectivity index (χ0) is 14.9. The zero-order valence-electron chi connectivity index (χ0n) is 11.9. The van der Waals surface area contributed by atoms with Crippen LogP contribution in [0.25, 0.3) is 0 Å². The number of sulfonamides is 1. The second kappa shape index (κ2) is 5.86. The number of aryl methyl sites for hydroxylation is 1. The highest BCUT2D eigenvalue weighted by molar-refractivity contribution is 7.88. The van der Waals surface area contributed by atoms with Crippen LogP contribution in [0.2, 0.25) is 0 Å². The lowest BCUT2D eigenvalue weighted by Gasteiger charge is -2.12. The summed E-state index contributed by atoms with van der Waals surface area (Å²) in [5.74, 6) is -0.0779. The van der Waals surface area contributed by atoms with Gasteiger partial charge in [0.15, 0.2) is 0 Å². The van der Waals surface area contributed by atoms with Gasteiger partial charge in [-0.3, -0.25) is 4.68 Å². The highest BCUT2D eigenvalue weighted by Crippen LogP contribution is 2.23. The largest absolute Gasteiger partial charge is 0.272 e. The van der Waals surface area contributed by atoms with Gasteiger partial charge in [0.25, 0.3) is 0 Å². The van der Waals surface area contributed by atoms with Crippen molar-refractivity contribution in [3.8, 4) is 0 Å². The van der Waals surface area contributed by atoms with Crippen molar-refractivity contribution in [3.63, 3.8) is 0 Å². The average Bonchev–Trinajstić information content (AvgIpc) is 3.05. The van der Waals surface area contributed by atoms with Gasteiger partial charge < -0.3 is 0 Å². The van der Waals surface area contributed by atoms with E-state index >= 15 is 0 Å². The van der Waals surface area contributed by atoms with Crippen molar-refractivity contribution in [3.05, 3.63) is 33.5 Å². The minimum atomic E-state index is -3.38. The van der Waals surface area contributed by atoms with E-state index in [1.807, 2.05) is 11.7 Å². The maximum atomic E-state index is 12.1. The van der Waals surface area contributed by atoms with Gasteiger partial charge in [-0.05, 0) is 31.2 Å². The van der Waals surface area contributed by atoms with Crippen molar-refractivity contribution in [2.75, 3.05) is 0 Å². The number of nitrogens with one attached hydrogen (secondary N) is 1. The molecule has 0 aromatic carbocycles. The SMILES string of the molecule is Cn1nc(CNS(=O)(=O)Cc2cscn2)c2c1CCCC2. The van der Waals surface area contributed by atoms with Gasteiger partial charge in [-0.1, -0.05) is 0 Å². The summed E-state index contributed by atoms with van der Waals surface area (Å²) in [6, 6.07) is 0. The van der Waals surface area contributed by atoms with Crippen LogP contribution in [0, 0.1) is 0 Å². The number of rotatable bonds is 5. The molecule has 6 nitrogen and oxygen atoms in total. The normalized spacial score (nSPS) is 15.1. The fourth-order valence-corrected chi connectivity index (χ4v) is 4.40. The maximum absolute atomic E-state index is 12.1. The second-order valence-electron chi connectivity index (χ2n) is 5.26. The van der Waals surface area contributed by atoms with Gasteiger partial charge >= 0.3 is 0 Å². The maximum Gasteiger partial charge on any atom is 0.217 e. The predicted molar refractivity (Wildman–Crippen MR) is 81.4 cm³/mol. The van der Waals surface area contributed by atoms with E-state index < -0.39 is 10.0 Å². The predicted octanol–water partition coefficient (Wildman–Crippen LogP) is 1.38. The van der Waals surface area contributed by atoms with Gasteiger partial charge in [-0.25, -0.2) is 18.1 Å². The van der Waals surface area contributed by atoms with E-state index in [1.54, 1.807) is 10.9 Å². The Morgan fingerprint density at radius 1 is 1.38 bits per heavy atom. The molecule has 0 spiro atoms. The number of thiazole rings is 1. The molecule has 0 aliphatic heterocycles. The van der Waals surface area contributed by atoms with Crippen molar-refractivity contribution in [1.29, 1.82) is 0 Å². The molecule has 0 atom stereocenters. The summed E-state index contributed by atoms with van der Waals surface area (Å²) in [5.41, 5.74) is 5.54. The first-order valence-electron chi connectivity index (χ1n) is 6.93. The topological polar surface area (TPSA) is 76.9 Å². The highest BCUT2D eigenvalue weighted by Gasteiger charge is 2.21. The van der Waals surface area contributed by atoms with Crippen molar-refractivity contribution in [2.24, 2.45) is 7.05 Å². The van der Waals surface area contributed by atoms with Crippen molar-refractivity contribution in [1.82, 2.24) is 19.5 Å². The Morgan fingerprint density at radius 2 is 2.19 bits per heavy atom. The van der Waals surface area contributed by atoms with Crippen LogP contribution in [-0.2, 0) is 42.2 Å². The summed E-state index contributed by atoms with van der Waals surface area (Å²) in [5, 5.41) is 6.22. The summed E-state index contributed by atoms with van der Waals surface area (Å²) in [6.07, 6.45) is 4.36. The van der Waals surface area contributed by atoms with E-state index in [0.29, 0.717) is 5.69 Å². The Kier molecular flexibility index (Phi) is 4.10. The molecular formula is C13H18N4O2S2. The van der Waals surface area contributed by atoms with Gasteiger partial charge in [-0.15, -0.1) is 11.3 Å². The summed E-state index contributed by atoms with van der Waals surface area (Å²) >= 11 is 1.40. The minimum absolute atomic E-state index is 0.0779. The Balaban J connectivity index is 1.70. The molecule has 8 heteroatoms. The zero-order valence-corrected chi connectivity index (χ0v) is 13.5. The van der Waals surface area contributed by atoms with Gasteiger partial charge in [0.05, 0.1) is 23.4 Å². The first kappa shape index (κ1) is 14.7. The second-order valence-corrected chi connectivity index (χ2v) is 7.79. The summed E-state index contributed by atoms with van der Waals surface area (Å²) in [6.45, 7) is 0.260. The fraction of sp³-hybridized carbons (Fsp3) is 0.538. The van der Waals surface area contributed by atoms with E-state index in [0.717, 1.165) is 25.0 Å². The van der Waals surface area contributed by atoms with Crippen molar-refractivity contribution >= 4 is 21.4 Å². The fourth-order valence-electron chi connectivity index (χ4n) is 2.73. The molecule has 0 radical (unpaired) electrons. The van der Waals surface area contributed by atoms with Crippen molar-refractivity contribution in [2.45, 2.75) is 38.0 Å². The lowest BCUT2D eigenvalue weighted by Crippen LogP contribution is -2.25. The monoisotopic (exact) mass is 326 g/mol. The molecule has 21 heavy (non-hydrogen) atoms. The molecule has 1 aliphatic carbocycles. The van der Waals surface area contributed by atoms with Crippen molar-refractivity contribution < 1.29 is 8.42 Å². The summed E-state index contributed by atoms with van der Waals surface area (Å²) in [4.78, 5) is 4.01. The molecule has 0 unspecified atom stereocenters. The summed E-state index contributed by atoms with van der Waals surface area (Å²) < 4.78 is 28.7. The third-order valence-electron chi connectivity index (χ3n) is 3.73. The van der Waals surface area contributed by atoms with Gasteiger partial charge in [0, 0.05) is 18.1 Å². The molecule has 0 saturated carbocycles. The Morgan fingerprint density at radius 3 is 2.95 bits per heavy atom. The quantitative estimate of drug-likeness (QED) is 0.900. The third-order valence-corrected chi connectivity index (χ3v) is 5.62. The van der Waals surface area contributed by atoms with Gasteiger partial charge in [0.1, 0.15) is 5.75 Å². The molecule has 1 aliphatic rings. The average molecular weight is 326 g/mol. The first-order chi connectivity index (χ1) is 10.1. The number of nitrogens with zero attached hydrogens (tertiary/aromatic N) is 3. The Labute approximate surface area is 128 Å². The van der Waals surface area contributed by atoms with Crippen LogP contribution in [0.5, 0.6) is 0 Å². The molecule has 2 aromatic heterocycles. The van der Waals surface area contributed by atoms with E-state index in [1.165, 1.54) is 29.0 Å². The smallest absolute Gasteiger partial charge is 0.217 e. The number of fused-ring (bicyclic) bond motifs is 1. The lowest BCUT2D eigenvalue weighted by atomic mass is 9.96. The van der Waals surface area contributed by atoms with Crippen LogP contribution in [0.3, 0.4) is 0 Å². The summed E-state index contributed by atoms with van der Waals surface area (Å²) in [7, 11) is -1.45. The molecule has 2 aromatic rings. The van der Waals surface area contributed by atoms with Crippen LogP contribution >= 0.6 is 11.3 Å². The molecule has 0 bridgehead atoms.